The van der Waals surface area contributed by atoms with Gasteiger partial charge in [-0.3, -0.25) is 4.79 Å². The van der Waals surface area contributed by atoms with E-state index in [0.29, 0.717) is 6.47 Å². The summed E-state index contributed by atoms with van der Waals surface area (Å²) in [7, 11) is 0. The fourth-order valence-corrected chi connectivity index (χ4v) is 4.30. The van der Waals surface area contributed by atoms with Gasteiger partial charge in [0.2, 0.25) is 0 Å². The Morgan fingerprint density at radius 2 is 1.96 bits per heavy atom. The summed E-state index contributed by atoms with van der Waals surface area (Å²) >= 11 is 1.50. The third kappa shape index (κ3) is 2.56. The summed E-state index contributed by atoms with van der Waals surface area (Å²) in [5, 5.41) is 25.2. The van der Waals surface area contributed by atoms with Gasteiger partial charge in [0.15, 0.2) is 5.41 Å². The summed E-state index contributed by atoms with van der Waals surface area (Å²) in [5.41, 5.74) is -0.394. The fourth-order valence-electron chi connectivity index (χ4n) is 3.44. The zero-order chi connectivity index (χ0) is 17.0. The maximum absolute atomic E-state index is 10.6. The maximum atomic E-state index is 10.6. The second-order valence-electron chi connectivity index (χ2n) is 5.63. The molecule has 0 bridgehead atoms. The van der Waals surface area contributed by atoms with Gasteiger partial charge < -0.3 is 10.1 Å². The van der Waals surface area contributed by atoms with E-state index in [4.69, 9.17) is 4.74 Å². The molecule has 1 N–H and O–H groups in total. The van der Waals surface area contributed by atoms with Gasteiger partial charge in [-0.15, -0.1) is 11.3 Å². The Morgan fingerprint density at radius 3 is 2.54 bits per heavy atom. The summed E-state index contributed by atoms with van der Waals surface area (Å²) in [6.07, 6.45) is 0. The minimum absolute atomic E-state index is 0.107. The van der Waals surface area contributed by atoms with E-state index >= 15 is 0 Å². The van der Waals surface area contributed by atoms with E-state index in [9.17, 15) is 15.3 Å². The van der Waals surface area contributed by atoms with Gasteiger partial charge in [-0.25, -0.2) is 0 Å². The molecule has 6 heteroatoms. The monoisotopic (exact) mass is 337 g/mol. The molecule has 1 aromatic carbocycles. The Hall–Kier alpha value is -2.67. The highest BCUT2D eigenvalue weighted by molar-refractivity contribution is 7.10. The number of carbonyl (C=O) groups is 1. The molecule has 3 rings (SSSR count). The van der Waals surface area contributed by atoms with E-state index in [1.165, 1.54) is 11.3 Å². The minimum Gasteiger partial charge on any atom is -0.466 e. The van der Waals surface area contributed by atoms with Gasteiger partial charge in [0.25, 0.3) is 6.47 Å². The van der Waals surface area contributed by atoms with Crippen molar-refractivity contribution in [3.8, 4) is 12.1 Å². The Bertz CT molecular complexity index is 763. The van der Waals surface area contributed by atoms with Gasteiger partial charge in [0.05, 0.1) is 24.2 Å². The van der Waals surface area contributed by atoms with Crippen molar-refractivity contribution in [2.24, 2.45) is 5.41 Å². The molecule has 0 radical (unpaired) electrons. The van der Waals surface area contributed by atoms with E-state index in [1.54, 1.807) is 0 Å². The Morgan fingerprint density at radius 1 is 1.21 bits per heavy atom. The first-order valence-electron chi connectivity index (χ1n) is 7.49. The van der Waals surface area contributed by atoms with Crippen molar-refractivity contribution in [2.75, 3.05) is 6.61 Å². The van der Waals surface area contributed by atoms with Crippen molar-refractivity contribution in [2.45, 2.75) is 18.0 Å². The average Bonchev–Trinajstić information content (AvgIpc) is 3.26. The Kier molecular flexibility index (Phi) is 4.61. The SMILES string of the molecule is N#CC1(C#N)C(c2cccs2)NC(COC=O)C1c1ccccc1. The van der Waals surface area contributed by atoms with Gasteiger partial charge in [0, 0.05) is 10.8 Å². The lowest BCUT2D eigenvalue weighted by Gasteiger charge is -2.27. The third-order valence-electron chi connectivity index (χ3n) is 4.43. The van der Waals surface area contributed by atoms with Crippen molar-refractivity contribution in [3.05, 3.63) is 58.3 Å². The zero-order valence-electron chi connectivity index (χ0n) is 12.8. The molecule has 3 atom stereocenters. The highest BCUT2D eigenvalue weighted by Crippen LogP contribution is 2.53. The first-order chi connectivity index (χ1) is 11.8. The maximum Gasteiger partial charge on any atom is 0.293 e. The lowest BCUT2D eigenvalue weighted by Crippen LogP contribution is -2.32. The Balaban J connectivity index is 2.11. The molecule has 1 aliphatic rings. The molecule has 120 valence electrons. The molecule has 5 nitrogen and oxygen atoms in total. The van der Waals surface area contributed by atoms with Crippen LogP contribution in [-0.4, -0.2) is 19.1 Å². The van der Waals surface area contributed by atoms with Gasteiger partial charge in [-0.2, -0.15) is 10.5 Å². The van der Waals surface area contributed by atoms with Crippen LogP contribution in [0.1, 0.15) is 22.4 Å². The highest BCUT2D eigenvalue weighted by atomic mass is 32.1. The minimum atomic E-state index is -1.27. The molecule has 2 heterocycles. The first-order valence-corrected chi connectivity index (χ1v) is 8.37. The molecule has 24 heavy (non-hydrogen) atoms. The van der Waals surface area contributed by atoms with Gasteiger partial charge in [0.1, 0.15) is 6.61 Å². The molecule has 1 aromatic heterocycles. The number of thiophene rings is 1. The number of carbonyl (C=O) groups excluding carboxylic acids is 1. The fraction of sp³-hybridized carbons (Fsp3) is 0.278. The summed E-state index contributed by atoms with van der Waals surface area (Å²) in [6, 6.07) is 17.0. The topological polar surface area (TPSA) is 85.9 Å². The highest BCUT2D eigenvalue weighted by Gasteiger charge is 2.58. The zero-order valence-corrected chi connectivity index (χ0v) is 13.6. The van der Waals surface area contributed by atoms with E-state index < -0.39 is 17.4 Å². The normalized spacial score (nSPS) is 24.7. The van der Waals surface area contributed by atoms with E-state index in [1.807, 2.05) is 47.8 Å². The molecular formula is C18H15N3O2S. The number of hydrogen-bond acceptors (Lipinski definition) is 6. The van der Waals surface area contributed by atoms with Crippen LogP contribution in [0.3, 0.4) is 0 Å². The van der Waals surface area contributed by atoms with Crippen LogP contribution in [0, 0.1) is 28.1 Å². The van der Waals surface area contributed by atoms with Crippen molar-refractivity contribution in [3.63, 3.8) is 0 Å². The van der Waals surface area contributed by atoms with Crippen LogP contribution in [0.25, 0.3) is 0 Å². The van der Waals surface area contributed by atoms with Crippen molar-refractivity contribution < 1.29 is 9.53 Å². The molecule has 1 saturated heterocycles. The predicted molar refractivity (Wildman–Crippen MR) is 88.8 cm³/mol. The van der Waals surface area contributed by atoms with Gasteiger partial charge >= 0.3 is 0 Å². The lowest BCUT2D eigenvalue weighted by atomic mass is 9.70. The summed E-state index contributed by atoms with van der Waals surface area (Å²) in [5.74, 6) is -0.402. The molecule has 0 aliphatic carbocycles. The number of rotatable bonds is 5. The first kappa shape index (κ1) is 16.2. The Labute approximate surface area is 144 Å². The standard InChI is InChI=1S/C18H15N3O2S/c19-10-18(11-20)16(13-5-2-1-3-6-13)14(9-23-12-22)21-17(18)15-7-4-8-24-15/h1-8,12,14,16-17,21H,9H2. The van der Waals surface area contributed by atoms with Gasteiger partial charge in [-0.1, -0.05) is 36.4 Å². The molecule has 0 amide bonds. The van der Waals surface area contributed by atoms with Crippen LogP contribution in [0.5, 0.6) is 0 Å². The smallest absolute Gasteiger partial charge is 0.293 e. The van der Waals surface area contributed by atoms with E-state index in [0.717, 1.165) is 10.4 Å². The largest absolute Gasteiger partial charge is 0.466 e. The molecule has 1 fully saturated rings. The second kappa shape index (κ2) is 6.84. The van der Waals surface area contributed by atoms with Crippen LogP contribution in [0.4, 0.5) is 0 Å². The summed E-state index contributed by atoms with van der Waals surface area (Å²) in [4.78, 5) is 11.6. The number of nitriles is 2. The quantitative estimate of drug-likeness (QED) is 0.848. The van der Waals surface area contributed by atoms with Crippen LogP contribution >= 0.6 is 11.3 Å². The lowest BCUT2D eigenvalue weighted by molar-refractivity contribution is -0.129. The number of hydrogen-bond donors (Lipinski definition) is 1. The van der Waals surface area contributed by atoms with Crippen LogP contribution in [0.15, 0.2) is 47.8 Å². The molecule has 1 aliphatic heterocycles. The number of nitrogens with one attached hydrogen (secondary N) is 1. The second-order valence-corrected chi connectivity index (χ2v) is 6.61. The molecular weight excluding hydrogens is 322 g/mol. The molecule has 2 aromatic rings. The van der Waals surface area contributed by atoms with E-state index in [-0.39, 0.29) is 12.6 Å². The van der Waals surface area contributed by atoms with Crippen LogP contribution in [0.2, 0.25) is 0 Å². The average molecular weight is 337 g/mol. The van der Waals surface area contributed by atoms with Crippen molar-refractivity contribution in [1.82, 2.24) is 5.32 Å². The third-order valence-corrected chi connectivity index (χ3v) is 5.37. The van der Waals surface area contributed by atoms with E-state index in [2.05, 4.69) is 17.5 Å². The number of nitrogens with zero attached hydrogens (tertiary/aromatic N) is 2. The van der Waals surface area contributed by atoms with Crippen molar-refractivity contribution in [1.29, 1.82) is 10.5 Å². The molecule has 0 saturated carbocycles. The number of benzene rings is 1. The van der Waals surface area contributed by atoms with Crippen molar-refractivity contribution >= 4 is 17.8 Å². The number of ether oxygens (including phenoxy) is 1. The van der Waals surface area contributed by atoms with Gasteiger partial charge in [-0.05, 0) is 17.0 Å². The van der Waals surface area contributed by atoms with Crippen LogP contribution < -0.4 is 5.32 Å². The van der Waals surface area contributed by atoms with Crippen LogP contribution in [-0.2, 0) is 9.53 Å². The molecule has 0 spiro atoms. The summed E-state index contributed by atoms with van der Waals surface area (Å²) < 4.78 is 4.96. The molecule has 3 unspecified atom stereocenters. The predicted octanol–water partition coefficient (Wildman–Crippen LogP) is 2.75. The summed E-state index contributed by atoms with van der Waals surface area (Å²) in [6.45, 7) is 0.499.